The second-order valence-corrected chi connectivity index (χ2v) is 5.31. The average Bonchev–Trinajstić information content (AvgIpc) is 2.55. The topological polar surface area (TPSA) is 44.8 Å². The molecular weight excluding hydrogens is 285 g/mol. The number of anilines is 1. The number of hydrogen-bond acceptors (Lipinski definition) is 4. The number of rotatable bonds is 7. The Morgan fingerprint density at radius 2 is 1.95 bits per heavy atom. The molecule has 1 amide bonds. The van der Waals surface area contributed by atoms with Gasteiger partial charge in [-0.15, -0.1) is 0 Å². The standard InChI is InChI=1S/C16H24FN3O2/c1-22-13-8-18-7-6-16(21)20-11-9-19(10-12-20)15-5-3-2-4-14(15)17/h2-5,18H,6-13H2,1H3. The van der Waals surface area contributed by atoms with E-state index in [1.54, 1.807) is 19.2 Å². The molecule has 0 aromatic heterocycles. The van der Waals surface area contributed by atoms with Crippen LogP contribution in [0.15, 0.2) is 24.3 Å². The lowest BCUT2D eigenvalue weighted by Crippen LogP contribution is -2.49. The van der Waals surface area contributed by atoms with Crippen molar-refractivity contribution in [3.05, 3.63) is 30.1 Å². The SMILES string of the molecule is COCCNCCC(=O)N1CCN(c2ccccc2F)CC1. The Morgan fingerprint density at radius 3 is 2.64 bits per heavy atom. The van der Waals surface area contributed by atoms with Crippen molar-refractivity contribution in [3.8, 4) is 0 Å². The molecule has 0 spiro atoms. The van der Waals surface area contributed by atoms with Crippen LogP contribution >= 0.6 is 0 Å². The molecule has 0 unspecified atom stereocenters. The molecule has 6 heteroatoms. The van der Waals surface area contributed by atoms with E-state index in [-0.39, 0.29) is 11.7 Å². The number of piperazine rings is 1. The zero-order valence-corrected chi connectivity index (χ0v) is 13.1. The summed E-state index contributed by atoms with van der Waals surface area (Å²) in [4.78, 5) is 16.0. The second-order valence-electron chi connectivity index (χ2n) is 5.31. The highest BCUT2D eigenvalue weighted by atomic mass is 19.1. The fourth-order valence-corrected chi connectivity index (χ4v) is 2.56. The molecule has 22 heavy (non-hydrogen) atoms. The van der Waals surface area contributed by atoms with Gasteiger partial charge in [0.1, 0.15) is 5.82 Å². The fraction of sp³-hybridized carbons (Fsp3) is 0.562. The van der Waals surface area contributed by atoms with Gasteiger partial charge in [0.05, 0.1) is 12.3 Å². The number of nitrogens with one attached hydrogen (secondary N) is 1. The molecular formula is C16H24FN3O2. The lowest BCUT2D eigenvalue weighted by molar-refractivity contribution is -0.131. The molecule has 1 heterocycles. The van der Waals surface area contributed by atoms with Crippen LogP contribution in [0.25, 0.3) is 0 Å². The third-order valence-electron chi connectivity index (χ3n) is 3.82. The van der Waals surface area contributed by atoms with Crippen molar-refractivity contribution in [1.82, 2.24) is 10.2 Å². The molecule has 5 nitrogen and oxygen atoms in total. The Balaban J connectivity index is 1.72. The van der Waals surface area contributed by atoms with Crippen molar-refractivity contribution in [2.24, 2.45) is 0 Å². The molecule has 1 N–H and O–H groups in total. The van der Waals surface area contributed by atoms with Crippen molar-refractivity contribution in [2.45, 2.75) is 6.42 Å². The van der Waals surface area contributed by atoms with Crippen LogP contribution in [0.4, 0.5) is 10.1 Å². The maximum absolute atomic E-state index is 13.8. The van der Waals surface area contributed by atoms with Crippen LogP contribution in [0.5, 0.6) is 0 Å². The number of para-hydroxylation sites is 1. The largest absolute Gasteiger partial charge is 0.383 e. The maximum atomic E-state index is 13.8. The smallest absolute Gasteiger partial charge is 0.223 e. The second kappa shape index (κ2) is 8.70. The van der Waals surface area contributed by atoms with E-state index in [2.05, 4.69) is 5.32 Å². The van der Waals surface area contributed by atoms with E-state index >= 15 is 0 Å². The lowest BCUT2D eigenvalue weighted by atomic mass is 10.2. The summed E-state index contributed by atoms with van der Waals surface area (Å²) >= 11 is 0. The first-order chi connectivity index (χ1) is 10.7. The summed E-state index contributed by atoms with van der Waals surface area (Å²) in [6.45, 7) is 4.69. The summed E-state index contributed by atoms with van der Waals surface area (Å²) in [5.41, 5.74) is 0.621. The van der Waals surface area contributed by atoms with Gasteiger partial charge in [0.2, 0.25) is 5.91 Å². The molecule has 0 bridgehead atoms. The first-order valence-electron chi connectivity index (χ1n) is 7.69. The number of ether oxygens (including phenoxy) is 1. The Morgan fingerprint density at radius 1 is 1.23 bits per heavy atom. The van der Waals surface area contributed by atoms with Gasteiger partial charge in [-0.2, -0.15) is 0 Å². The third-order valence-corrected chi connectivity index (χ3v) is 3.82. The van der Waals surface area contributed by atoms with Crippen molar-refractivity contribution in [1.29, 1.82) is 0 Å². The zero-order chi connectivity index (χ0) is 15.8. The summed E-state index contributed by atoms with van der Waals surface area (Å²) in [5, 5.41) is 3.17. The monoisotopic (exact) mass is 309 g/mol. The van der Waals surface area contributed by atoms with Gasteiger partial charge < -0.3 is 19.9 Å². The van der Waals surface area contributed by atoms with E-state index in [9.17, 15) is 9.18 Å². The molecule has 1 aromatic rings. The Labute approximate surface area is 131 Å². The van der Waals surface area contributed by atoms with E-state index in [0.717, 1.165) is 6.54 Å². The minimum atomic E-state index is -0.204. The molecule has 0 atom stereocenters. The highest BCUT2D eigenvalue weighted by molar-refractivity contribution is 5.76. The van der Waals surface area contributed by atoms with Crippen molar-refractivity contribution >= 4 is 11.6 Å². The lowest BCUT2D eigenvalue weighted by Gasteiger charge is -2.36. The summed E-state index contributed by atoms with van der Waals surface area (Å²) < 4.78 is 18.7. The van der Waals surface area contributed by atoms with Crippen LogP contribution in [-0.4, -0.2) is 63.8 Å². The Kier molecular flexibility index (Phi) is 6.61. The highest BCUT2D eigenvalue weighted by Crippen LogP contribution is 2.20. The molecule has 0 saturated carbocycles. The molecule has 0 radical (unpaired) electrons. The summed E-state index contributed by atoms with van der Waals surface area (Å²) in [7, 11) is 1.65. The minimum absolute atomic E-state index is 0.151. The maximum Gasteiger partial charge on any atom is 0.223 e. The zero-order valence-electron chi connectivity index (χ0n) is 13.1. The molecule has 1 aliphatic rings. The Hall–Kier alpha value is -1.66. The van der Waals surface area contributed by atoms with Crippen LogP contribution in [0.1, 0.15) is 6.42 Å². The number of benzene rings is 1. The molecule has 0 aliphatic carbocycles. The predicted octanol–water partition coefficient (Wildman–Crippen LogP) is 1.10. The minimum Gasteiger partial charge on any atom is -0.383 e. The normalized spacial score (nSPS) is 15.2. The van der Waals surface area contributed by atoms with E-state index in [4.69, 9.17) is 4.74 Å². The number of hydrogen-bond donors (Lipinski definition) is 1. The molecule has 1 fully saturated rings. The molecule has 1 aliphatic heterocycles. The number of carbonyl (C=O) groups excluding carboxylic acids is 1. The van der Waals surface area contributed by atoms with Crippen LogP contribution in [0.3, 0.4) is 0 Å². The van der Waals surface area contributed by atoms with E-state index < -0.39 is 0 Å². The summed E-state index contributed by atoms with van der Waals surface area (Å²) in [6.07, 6.45) is 0.489. The van der Waals surface area contributed by atoms with Gasteiger partial charge in [0.15, 0.2) is 0 Å². The van der Waals surface area contributed by atoms with Crippen LogP contribution in [0, 0.1) is 5.82 Å². The van der Waals surface area contributed by atoms with E-state index in [1.807, 2.05) is 15.9 Å². The number of carbonyl (C=O) groups is 1. The van der Waals surface area contributed by atoms with Crippen LogP contribution < -0.4 is 10.2 Å². The summed E-state index contributed by atoms with van der Waals surface area (Å²) in [6, 6.07) is 6.78. The van der Waals surface area contributed by atoms with Gasteiger partial charge in [0.25, 0.3) is 0 Å². The quantitative estimate of drug-likeness (QED) is 0.766. The fourth-order valence-electron chi connectivity index (χ4n) is 2.56. The highest BCUT2D eigenvalue weighted by Gasteiger charge is 2.22. The summed E-state index contributed by atoms with van der Waals surface area (Å²) in [5.74, 6) is -0.0530. The number of methoxy groups -OCH3 is 1. The van der Waals surface area contributed by atoms with E-state index in [0.29, 0.717) is 51.4 Å². The predicted molar refractivity (Wildman–Crippen MR) is 84.6 cm³/mol. The van der Waals surface area contributed by atoms with Gasteiger partial charge >= 0.3 is 0 Å². The van der Waals surface area contributed by atoms with Gasteiger partial charge in [-0.25, -0.2) is 4.39 Å². The Bertz CT molecular complexity index is 476. The van der Waals surface area contributed by atoms with Crippen molar-refractivity contribution < 1.29 is 13.9 Å². The first kappa shape index (κ1) is 16.7. The number of halogens is 1. The van der Waals surface area contributed by atoms with Crippen molar-refractivity contribution in [3.63, 3.8) is 0 Å². The van der Waals surface area contributed by atoms with E-state index in [1.165, 1.54) is 6.07 Å². The average molecular weight is 309 g/mol. The van der Waals surface area contributed by atoms with Crippen molar-refractivity contribution in [2.75, 3.05) is 57.9 Å². The first-order valence-corrected chi connectivity index (χ1v) is 7.69. The van der Waals surface area contributed by atoms with Crippen LogP contribution in [-0.2, 0) is 9.53 Å². The van der Waals surface area contributed by atoms with Crippen LogP contribution in [0.2, 0.25) is 0 Å². The molecule has 1 aromatic carbocycles. The molecule has 1 saturated heterocycles. The van der Waals surface area contributed by atoms with Gasteiger partial charge in [0, 0.05) is 52.8 Å². The number of nitrogens with zero attached hydrogens (tertiary/aromatic N) is 2. The van der Waals surface area contributed by atoms with Gasteiger partial charge in [-0.3, -0.25) is 4.79 Å². The molecule has 122 valence electrons. The molecule has 2 rings (SSSR count). The van der Waals surface area contributed by atoms with Gasteiger partial charge in [-0.05, 0) is 12.1 Å². The third kappa shape index (κ3) is 4.68. The number of amides is 1. The van der Waals surface area contributed by atoms with Gasteiger partial charge in [-0.1, -0.05) is 12.1 Å².